The molecule has 0 saturated heterocycles. The molecular weight excluding hydrogens is 623 g/mol. The lowest BCUT2D eigenvalue weighted by Crippen LogP contribution is -2.10. The van der Waals surface area contributed by atoms with Crippen LogP contribution in [0.4, 0.5) is 17.1 Å². The number of anilines is 3. The molecule has 0 bridgehead atoms. The van der Waals surface area contributed by atoms with Crippen molar-refractivity contribution in [3.05, 3.63) is 188 Å². The molecule has 0 aliphatic heterocycles. The molecule has 0 saturated carbocycles. The van der Waals surface area contributed by atoms with Crippen molar-refractivity contribution in [1.29, 1.82) is 0 Å². The lowest BCUT2D eigenvalue weighted by atomic mass is 9.99. The standard InChI is InChI=1S/C48H31NO2/c1-2-11-32(12-3-1)33-23-25-34(26-24-33)35-27-29-37(30-28-35)49(43-19-10-22-46-47(43)42-16-5-7-21-45(42)50-46)38-14-8-13-36(31-38)39-17-9-18-41-40-15-4-6-20-44(40)51-48(39)41/h1-31H/i8D,13D,14D,27D,28D,29D,30D,31D. The van der Waals surface area contributed by atoms with E-state index in [4.69, 9.17) is 8.83 Å². The highest BCUT2D eigenvalue weighted by Gasteiger charge is 2.20. The van der Waals surface area contributed by atoms with Gasteiger partial charge in [0.2, 0.25) is 0 Å². The Bertz CT molecular complexity index is 3290. The number of benzene rings is 8. The Hall–Kier alpha value is -6.84. The van der Waals surface area contributed by atoms with E-state index in [-0.39, 0.29) is 46.7 Å². The summed E-state index contributed by atoms with van der Waals surface area (Å²) in [7, 11) is 0. The Kier molecular flexibility index (Phi) is 5.15. The molecule has 0 fully saturated rings. The minimum atomic E-state index is -0.497. The molecule has 8 aromatic carbocycles. The number of hydrogen-bond acceptors (Lipinski definition) is 3. The van der Waals surface area contributed by atoms with E-state index in [1.807, 2.05) is 97.1 Å². The minimum absolute atomic E-state index is 0.0188. The Morgan fingerprint density at radius 2 is 1.04 bits per heavy atom. The molecule has 0 aliphatic rings. The van der Waals surface area contributed by atoms with Crippen molar-refractivity contribution in [3.63, 3.8) is 0 Å². The van der Waals surface area contributed by atoms with Gasteiger partial charge in [0.25, 0.3) is 0 Å². The molecule has 0 unspecified atom stereocenters. The van der Waals surface area contributed by atoms with E-state index >= 15 is 0 Å². The van der Waals surface area contributed by atoms with E-state index in [1.165, 1.54) is 4.90 Å². The van der Waals surface area contributed by atoms with Gasteiger partial charge in [-0.3, -0.25) is 0 Å². The summed E-state index contributed by atoms with van der Waals surface area (Å²) in [5.41, 5.74) is 4.77. The lowest BCUT2D eigenvalue weighted by Gasteiger charge is -2.27. The van der Waals surface area contributed by atoms with Gasteiger partial charge in [-0.2, -0.15) is 0 Å². The highest BCUT2D eigenvalue weighted by molar-refractivity contribution is 6.14. The molecule has 51 heavy (non-hydrogen) atoms. The Morgan fingerprint density at radius 1 is 0.412 bits per heavy atom. The fourth-order valence-corrected chi connectivity index (χ4v) is 6.84. The van der Waals surface area contributed by atoms with Gasteiger partial charge < -0.3 is 13.7 Å². The van der Waals surface area contributed by atoms with Gasteiger partial charge in [-0.25, -0.2) is 0 Å². The van der Waals surface area contributed by atoms with Crippen molar-refractivity contribution in [2.75, 3.05) is 4.90 Å². The van der Waals surface area contributed by atoms with Crippen LogP contribution in [0.3, 0.4) is 0 Å². The molecule has 10 aromatic rings. The molecule has 0 spiro atoms. The van der Waals surface area contributed by atoms with Crippen LogP contribution in [-0.2, 0) is 0 Å². The Labute approximate surface area is 306 Å². The van der Waals surface area contributed by atoms with E-state index in [0.717, 1.165) is 21.9 Å². The van der Waals surface area contributed by atoms with Crippen molar-refractivity contribution in [2.24, 2.45) is 0 Å². The summed E-state index contributed by atoms with van der Waals surface area (Å²) in [6.45, 7) is 0. The van der Waals surface area contributed by atoms with E-state index in [2.05, 4.69) is 0 Å². The van der Waals surface area contributed by atoms with E-state index in [1.54, 1.807) is 42.5 Å². The third-order valence-corrected chi connectivity index (χ3v) is 9.25. The number of nitrogens with zero attached hydrogens (tertiary/aromatic N) is 1. The van der Waals surface area contributed by atoms with Crippen LogP contribution < -0.4 is 4.90 Å². The summed E-state index contributed by atoms with van der Waals surface area (Å²) >= 11 is 0. The quantitative estimate of drug-likeness (QED) is 0.178. The van der Waals surface area contributed by atoms with Gasteiger partial charge in [-0.15, -0.1) is 0 Å². The molecule has 0 radical (unpaired) electrons. The smallest absolute Gasteiger partial charge is 0.143 e. The van der Waals surface area contributed by atoms with Gasteiger partial charge in [-0.05, 0) is 76.3 Å². The van der Waals surface area contributed by atoms with Gasteiger partial charge in [-0.1, -0.05) is 139 Å². The summed E-state index contributed by atoms with van der Waals surface area (Å²) in [6.07, 6.45) is 0. The van der Waals surface area contributed by atoms with Gasteiger partial charge in [0, 0.05) is 33.1 Å². The Balaban J connectivity index is 1.27. The highest BCUT2D eigenvalue weighted by atomic mass is 16.3. The molecule has 0 amide bonds. The number of rotatable bonds is 6. The maximum absolute atomic E-state index is 9.91. The maximum atomic E-state index is 9.91. The fraction of sp³-hybridized carbons (Fsp3) is 0. The van der Waals surface area contributed by atoms with Crippen LogP contribution in [0.5, 0.6) is 0 Å². The zero-order chi connectivity index (χ0) is 40.7. The average Bonchev–Trinajstić information content (AvgIpc) is 3.84. The zero-order valence-corrected chi connectivity index (χ0v) is 27.0. The minimum Gasteiger partial charge on any atom is -0.456 e. The molecule has 10 rings (SSSR count). The molecule has 3 heteroatoms. The van der Waals surface area contributed by atoms with Crippen molar-refractivity contribution in [3.8, 4) is 33.4 Å². The topological polar surface area (TPSA) is 29.5 Å². The van der Waals surface area contributed by atoms with E-state index in [9.17, 15) is 11.0 Å². The first-order valence-electron chi connectivity index (χ1n) is 20.6. The highest BCUT2D eigenvalue weighted by Crippen LogP contribution is 2.45. The maximum Gasteiger partial charge on any atom is 0.143 e. The zero-order valence-electron chi connectivity index (χ0n) is 35.0. The fourth-order valence-electron chi connectivity index (χ4n) is 6.84. The van der Waals surface area contributed by atoms with Crippen molar-refractivity contribution < 1.29 is 19.8 Å². The molecule has 3 nitrogen and oxygen atoms in total. The summed E-state index contributed by atoms with van der Waals surface area (Å²) in [4.78, 5) is 1.37. The largest absolute Gasteiger partial charge is 0.456 e. The third kappa shape index (κ3) is 4.98. The number of hydrogen-bond donors (Lipinski definition) is 0. The van der Waals surface area contributed by atoms with E-state index in [0.29, 0.717) is 49.9 Å². The summed E-state index contributed by atoms with van der Waals surface area (Å²) < 4.78 is 88.3. The second-order valence-corrected chi connectivity index (χ2v) is 12.3. The Morgan fingerprint density at radius 3 is 1.84 bits per heavy atom. The summed E-state index contributed by atoms with van der Waals surface area (Å²) in [6, 6.07) is 39.4. The normalized spacial score (nSPS) is 13.7. The van der Waals surface area contributed by atoms with Crippen molar-refractivity contribution in [1.82, 2.24) is 0 Å². The van der Waals surface area contributed by atoms with Crippen LogP contribution in [0.15, 0.2) is 197 Å². The van der Waals surface area contributed by atoms with Crippen LogP contribution in [0, 0.1) is 0 Å². The van der Waals surface area contributed by atoms with Gasteiger partial charge in [0.05, 0.1) is 22.0 Å². The molecule has 0 atom stereocenters. The van der Waals surface area contributed by atoms with Crippen molar-refractivity contribution in [2.45, 2.75) is 0 Å². The van der Waals surface area contributed by atoms with Crippen molar-refractivity contribution >= 4 is 60.9 Å². The molecule has 0 aliphatic carbocycles. The van der Waals surface area contributed by atoms with Gasteiger partial charge in [0.15, 0.2) is 0 Å². The van der Waals surface area contributed by atoms with Crippen LogP contribution in [0.25, 0.3) is 77.3 Å². The molecule has 2 aromatic heterocycles. The number of furan rings is 2. The average molecular weight is 662 g/mol. The molecule has 240 valence electrons. The predicted octanol–water partition coefficient (Wildman–Crippen LogP) is 14.0. The lowest BCUT2D eigenvalue weighted by molar-refractivity contribution is 0.669. The van der Waals surface area contributed by atoms with Crippen LogP contribution >= 0.6 is 0 Å². The van der Waals surface area contributed by atoms with Crippen LogP contribution in [0.1, 0.15) is 11.0 Å². The second kappa shape index (κ2) is 11.9. The predicted molar refractivity (Wildman–Crippen MR) is 212 cm³/mol. The SMILES string of the molecule is [2H]c1c([2H])c(-c2cccc3c2oc2ccccc23)c([2H])c(N(c2c([2H])c([2H])c(-c3ccc(-c4ccccc4)cc3)c([2H])c2[2H])c2cccc3oc4ccccc4c23)c1[2H]. The summed E-state index contributed by atoms with van der Waals surface area (Å²) in [5, 5.41) is 2.81. The van der Waals surface area contributed by atoms with Gasteiger partial charge in [0.1, 0.15) is 22.3 Å². The first kappa shape index (κ1) is 22.0. The van der Waals surface area contributed by atoms with Gasteiger partial charge >= 0.3 is 0 Å². The first-order chi connectivity index (χ1) is 28.6. The molecular formula is C48H31NO2. The number of fused-ring (bicyclic) bond motifs is 6. The number of para-hydroxylation sites is 3. The third-order valence-electron chi connectivity index (χ3n) is 9.25. The molecule has 2 heterocycles. The first-order valence-corrected chi connectivity index (χ1v) is 16.6. The summed E-state index contributed by atoms with van der Waals surface area (Å²) in [5.74, 6) is 0. The van der Waals surface area contributed by atoms with E-state index < -0.39 is 24.2 Å². The molecule has 0 N–H and O–H groups in total. The van der Waals surface area contributed by atoms with Crippen LogP contribution in [0.2, 0.25) is 0 Å². The van der Waals surface area contributed by atoms with Crippen LogP contribution in [-0.4, -0.2) is 0 Å². The monoisotopic (exact) mass is 661 g/mol. The second-order valence-electron chi connectivity index (χ2n) is 12.3.